The van der Waals surface area contributed by atoms with Crippen molar-refractivity contribution >= 4 is 21.7 Å². The van der Waals surface area contributed by atoms with E-state index in [2.05, 4.69) is 0 Å². The van der Waals surface area contributed by atoms with E-state index in [1.54, 1.807) is 18.2 Å². The zero-order valence-electron chi connectivity index (χ0n) is 16.9. The van der Waals surface area contributed by atoms with Gasteiger partial charge in [0, 0.05) is 23.8 Å². The smallest absolute Gasteiger partial charge is 0.306 e. The molecule has 1 aromatic rings. The van der Waals surface area contributed by atoms with Gasteiger partial charge in [0.25, 0.3) is 0 Å². The van der Waals surface area contributed by atoms with E-state index in [0.717, 1.165) is 11.8 Å². The summed E-state index contributed by atoms with van der Waals surface area (Å²) in [6.45, 7) is 4.22. The molecule has 0 N–H and O–H groups in total. The maximum Gasteiger partial charge on any atom is 0.306 e. The number of hydrogen-bond acceptors (Lipinski definition) is 7. The van der Waals surface area contributed by atoms with Crippen LogP contribution < -0.4 is 8.92 Å². The number of benzene rings is 1. The third kappa shape index (κ3) is 2.37. The summed E-state index contributed by atoms with van der Waals surface area (Å²) in [5, 5.41) is 0. The lowest BCUT2D eigenvalue weighted by Gasteiger charge is -2.55. The average molecular weight is 430 g/mol. The molecule has 3 aliphatic carbocycles. The number of fused-ring (bicyclic) bond motifs is 1. The van der Waals surface area contributed by atoms with Crippen LogP contribution in [-0.2, 0) is 19.6 Å². The van der Waals surface area contributed by atoms with E-state index in [9.17, 15) is 18.0 Å². The zero-order chi connectivity index (χ0) is 21.5. The topological polar surface area (TPSA) is 96.0 Å². The molecule has 7 nitrogen and oxygen atoms in total. The van der Waals surface area contributed by atoms with Crippen molar-refractivity contribution in [3.63, 3.8) is 0 Å². The van der Waals surface area contributed by atoms with E-state index >= 15 is 0 Å². The first-order chi connectivity index (χ1) is 14.1. The van der Waals surface area contributed by atoms with Crippen molar-refractivity contribution in [2.24, 2.45) is 11.8 Å². The third-order valence-corrected chi connectivity index (χ3v) is 7.00. The number of carbonyl (C=O) groups excluding carboxylic acids is 2. The number of rotatable bonds is 4. The van der Waals surface area contributed by atoms with Gasteiger partial charge in [-0.1, -0.05) is 23.8 Å². The van der Waals surface area contributed by atoms with E-state index in [4.69, 9.17) is 13.7 Å². The normalized spacial score (nSPS) is 33.4. The summed E-state index contributed by atoms with van der Waals surface area (Å²) < 4.78 is 41.1. The minimum Gasteiger partial charge on any atom is -0.478 e. The fourth-order valence-corrected chi connectivity index (χ4v) is 5.85. The van der Waals surface area contributed by atoms with E-state index < -0.39 is 27.2 Å². The van der Waals surface area contributed by atoms with Gasteiger partial charge in [-0.05, 0) is 32.4 Å². The molecular formula is C22H22O7S. The van der Waals surface area contributed by atoms with Crippen molar-refractivity contribution in [1.82, 2.24) is 0 Å². The Morgan fingerprint density at radius 3 is 2.77 bits per heavy atom. The predicted molar refractivity (Wildman–Crippen MR) is 107 cm³/mol. The number of hydrogen-bond donors (Lipinski definition) is 0. The quantitative estimate of drug-likeness (QED) is 0.535. The second kappa shape index (κ2) is 6.04. The van der Waals surface area contributed by atoms with Gasteiger partial charge >= 0.3 is 10.1 Å². The van der Waals surface area contributed by atoms with Crippen molar-refractivity contribution in [1.29, 1.82) is 0 Å². The van der Waals surface area contributed by atoms with Gasteiger partial charge < -0.3 is 13.7 Å². The van der Waals surface area contributed by atoms with Crippen LogP contribution in [-0.4, -0.2) is 44.0 Å². The molecule has 0 aromatic heterocycles. The minimum absolute atomic E-state index is 0.0581. The monoisotopic (exact) mass is 430 g/mol. The largest absolute Gasteiger partial charge is 0.478 e. The first kappa shape index (κ1) is 19.5. The molecule has 30 heavy (non-hydrogen) atoms. The summed E-state index contributed by atoms with van der Waals surface area (Å²) in [5.74, 6) is -0.847. The number of allylic oxidation sites excluding steroid dienone is 2. The molecule has 2 aliphatic heterocycles. The van der Waals surface area contributed by atoms with Crippen molar-refractivity contribution in [2.45, 2.75) is 37.9 Å². The van der Waals surface area contributed by atoms with Crippen LogP contribution in [0.3, 0.4) is 0 Å². The lowest BCUT2D eigenvalue weighted by Crippen LogP contribution is -2.71. The first-order valence-corrected chi connectivity index (χ1v) is 11.7. The van der Waals surface area contributed by atoms with Crippen LogP contribution in [0, 0.1) is 11.8 Å². The Labute approximate surface area is 174 Å². The van der Waals surface area contributed by atoms with Crippen LogP contribution in [0.4, 0.5) is 0 Å². The number of Topliss-reactive ketones (excluding diaryl/α,β-unsaturated/α-hetero) is 2. The zero-order valence-corrected chi connectivity index (χ0v) is 17.7. The molecule has 0 amide bonds. The molecular weight excluding hydrogens is 408 g/mol. The van der Waals surface area contributed by atoms with Crippen LogP contribution in [0.15, 0.2) is 41.5 Å². The van der Waals surface area contributed by atoms with Crippen LogP contribution in [0.1, 0.15) is 37.0 Å². The van der Waals surface area contributed by atoms with E-state index in [1.165, 1.54) is 6.07 Å². The average Bonchev–Trinajstić information content (AvgIpc) is 2.90. The van der Waals surface area contributed by atoms with Crippen molar-refractivity contribution in [3.8, 4) is 11.5 Å². The second-order valence-electron chi connectivity index (χ2n) is 8.69. The molecule has 4 unspecified atom stereocenters. The Kier molecular flexibility index (Phi) is 3.93. The van der Waals surface area contributed by atoms with Gasteiger partial charge in [0.2, 0.25) is 0 Å². The van der Waals surface area contributed by atoms with Gasteiger partial charge in [-0.25, -0.2) is 0 Å². The van der Waals surface area contributed by atoms with Crippen LogP contribution in [0.5, 0.6) is 11.5 Å². The lowest BCUT2D eigenvalue weighted by atomic mass is 9.53. The van der Waals surface area contributed by atoms with E-state index in [1.807, 2.05) is 19.9 Å². The molecule has 1 aromatic carbocycles. The molecule has 8 heteroatoms. The Balaban J connectivity index is 1.72. The molecule has 5 aliphatic rings. The molecule has 1 spiro atoms. The van der Waals surface area contributed by atoms with Crippen LogP contribution >= 0.6 is 0 Å². The Bertz CT molecular complexity index is 1160. The summed E-state index contributed by atoms with van der Waals surface area (Å²) in [5.41, 5.74) is -0.989. The van der Waals surface area contributed by atoms with Gasteiger partial charge in [-0.2, -0.15) is 8.42 Å². The highest BCUT2D eigenvalue weighted by molar-refractivity contribution is 7.86. The minimum atomic E-state index is -3.84. The van der Waals surface area contributed by atoms with Gasteiger partial charge in [0.05, 0.1) is 12.9 Å². The molecule has 158 valence electrons. The molecule has 1 saturated carbocycles. The fourth-order valence-electron chi connectivity index (χ4n) is 5.39. The molecule has 6 rings (SSSR count). The van der Waals surface area contributed by atoms with Crippen LogP contribution in [0.2, 0.25) is 0 Å². The second-order valence-corrected chi connectivity index (χ2v) is 10.3. The van der Waals surface area contributed by atoms with Gasteiger partial charge in [-0.15, -0.1) is 0 Å². The number of carbonyl (C=O) groups is 2. The Morgan fingerprint density at radius 2 is 2.07 bits per heavy atom. The summed E-state index contributed by atoms with van der Waals surface area (Å²) in [7, 11) is -3.84. The maximum atomic E-state index is 13.6. The molecule has 2 heterocycles. The highest BCUT2D eigenvalue weighted by Crippen LogP contribution is 2.63. The van der Waals surface area contributed by atoms with E-state index in [-0.39, 0.29) is 34.5 Å². The van der Waals surface area contributed by atoms with E-state index in [0.29, 0.717) is 25.0 Å². The highest BCUT2D eigenvalue weighted by atomic mass is 32.2. The molecule has 1 saturated heterocycles. The lowest BCUT2D eigenvalue weighted by molar-refractivity contribution is -0.165. The molecule has 2 fully saturated rings. The van der Waals surface area contributed by atoms with Gasteiger partial charge in [0.1, 0.15) is 11.3 Å². The summed E-state index contributed by atoms with van der Waals surface area (Å²) in [6.07, 6.45) is 5.45. The fraction of sp³-hybridized carbons (Fsp3) is 0.455. The summed E-state index contributed by atoms with van der Waals surface area (Å²) in [6, 6.07) is 4.60. The predicted octanol–water partition coefficient (Wildman–Crippen LogP) is 2.61. The van der Waals surface area contributed by atoms with Crippen molar-refractivity contribution < 1.29 is 31.7 Å². The highest BCUT2D eigenvalue weighted by Gasteiger charge is 2.76. The third-order valence-electron chi connectivity index (χ3n) is 6.52. The Hall–Kier alpha value is -2.45. The summed E-state index contributed by atoms with van der Waals surface area (Å²) >= 11 is 0. The van der Waals surface area contributed by atoms with Crippen LogP contribution in [0.25, 0.3) is 0 Å². The molecule has 4 atom stereocenters. The SMILES string of the molecule is CC(C)=CCC12OCC3CC(C=C4C(=O)c5c(cccc5OS(C)(=O)=O)OC431)C2=O. The molecule has 4 bridgehead atoms. The number of ether oxygens (including phenoxy) is 2. The van der Waals surface area contributed by atoms with Crippen molar-refractivity contribution in [3.05, 3.63) is 47.1 Å². The Morgan fingerprint density at radius 1 is 1.30 bits per heavy atom. The first-order valence-electron chi connectivity index (χ1n) is 9.89. The molecule has 0 radical (unpaired) electrons. The van der Waals surface area contributed by atoms with Crippen molar-refractivity contribution in [2.75, 3.05) is 12.9 Å². The number of ketones is 2. The maximum absolute atomic E-state index is 13.6. The van der Waals surface area contributed by atoms with Gasteiger partial charge in [-0.3, -0.25) is 9.59 Å². The standard InChI is InChI=1S/C22H22O7S/c1-12(2)7-8-21-20(24)13-9-14(11-27-21)22(21)15(10-13)19(23)18-16(28-22)5-4-6-17(18)29-30(3,25)26/h4-7,10,13-14H,8-9,11H2,1-3H3. The summed E-state index contributed by atoms with van der Waals surface area (Å²) in [4.78, 5) is 27.1. The van der Waals surface area contributed by atoms with Gasteiger partial charge in [0.15, 0.2) is 28.5 Å².